The first-order valence-corrected chi connectivity index (χ1v) is 7.33. The van der Waals surface area contributed by atoms with Crippen molar-refractivity contribution in [2.24, 2.45) is 0 Å². The zero-order valence-electron chi connectivity index (χ0n) is 12.2. The Hall–Kier alpha value is -1.44. The van der Waals surface area contributed by atoms with Crippen molar-refractivity contribution < 1.29 is 4.39 Å². The number of benzene rings is 1. The fourth-order valence-electron chi connectivity index (χ4n) is 2.78. The summed E-state index contributed by atoms with van der Waals surface area (Å²) in [5.74, 6) is -0.217. The SMILES string of the molecule is CCC1CN(Cc2cc(C#N)ccc2F)C(CC)CN1. The standard InChI is InChI=1S/C16H22FN3/c1-3-14-11-20(15(4-2)9-19-14)10-13-7-12(8-18)5-6-16(13)17/h5-7,14-15,19H,3-4,9-11H2,1-2H3. The third-order valence-corrected chi connectivity index (χ3v) is 4.13. The first-order valence-electron chi connectivity index (χ1n) is 7.33. The number of halogens is 1. The summed E-state index contributed by atoms with van der Waals surface area (Å²) in [4.78, 5) is 2.34. The Kier molecular flexibility index (Phi) is 5.11. The monoisotopic (exact) mass is 275 g/mol. The molecule has 0 bridgehead atoms. The summed E-state index contributed by atoms with van der Waals surface area (Å²) in [5.41, 5.74) is 1.15. The van der Waals surface area contributed by atoms with Gasteiger partial charge in [-0.05, 0) is 31.0 Å². The largest absolute Gasteiger partial charge is 0.311 e. The first kappa shape index (κ1) is 15.0. The van der Waals surface area contributed by atoms with Crippen LogP contribution in [-0.2, 0) is 6.54 Å². The van der Waals surface area contributed by atoms with E-state index in [1.54, 1.807) is 6.07 Å². The fraction of sp³-hybridized carbons (Fsp3) is 0.562. The minimum atomic E-state index is -0.217. The van der Waals surface area contributed by atoms with Gasteiger partial charge in [-0.1, -0.05) is 13.8 Å². The maximum absolute atomic E-state index is 13.9. The Morgan fingerprint density at radius 2 is 2.20 bits per heavy atom. The summed E-state index contributed by atoms with van der Waals surface area (Å²) in [6.07, 6.45) is 2.12. The van der Waals surface area contributed by atoms with Crippen LogP contribution < -0.4 is 5.32 Å². The summed E-state index contributed by atoms with van der Waals surface area (Å²) in [6.45, 7) is 6.80. The predicted molar refractivity (Wildman–Crippen MR) is 77.7 cm³/mol. The van der Waals surface area contributed by atoms with Crippen LogP contribution in [0.4, 0.5) is 4.39 Å². The van der Waals surface area contributed by atoms with Gasteiger partial charge in [0.25, 0.3) is 0 Å². The molecule has 2 atom stereocenters. The molecular formula is C16H22FN3. The van der Waals surface area contributed by atoms with Crippen molar-refractivity contribution >= 4 is 0 Å². The van der Waals surface area contributed by atoms with E-state index in [9.17, 15) is 4.39 Å². The van der Waals surface area contributed by atoms with Crippen molar-refractivity contribution in [1.29, 1.82) is 5.26 Å². The van der Waals surface area contributed by atoms with Gasteiger partial charge in [-0.2, -0.15) is 5.26 Å². The molecule has 1 aromatic rings. The van der Waals surface area contributed by atoms with E-state index < -0.39 is 0 Å². The molecule has 0 radical (unpaired) electrons. The highest BCUT2D eigenvalue weighted by Gasteiger charge is 2.26. The van der Waals surface area contributed by atoms with Gasteiger partial charge in [0, 0.05) is 37.3 Å². The van der Waals surface area contributed by atoms with Gasteiger partial charge in [0.2, 0.25) is 0 Å². The van der Waals surface area contributed by atoms with Crippen LogP contribution in [0.15, 0.2) is 18.2 Å². The lowest BCUT2D eigenvalue weighted by Crippen LogP contribution is -2.55. The van der Waals surface area contributed by atoms with Crippen molar-refractivity contribution in [3.05, 3.63) is 35.1 Å². The molecule has 20 heavy (non-hydrogen) atoms. The van der Waals surface area contributed by atoms with Gasteiger partial charge in [0.05, 0.1) is 11.6 Å². The average Bonchev–Trinajstić information content (AvgIpc) is 2.49. The number of rotatable bonds is 4. The molecule has 1 aromatic carbocycles. The zero-order chi connectivity index (χ0) is 14.5. The molecule has 3 nitrogen and oxygen atoms in total. The van der Waals surface area contributed by atoms with Crippen LogP contribution in [0, 0.1) is 17.1 Å². The number of nitrogens with zero attached hydrogens (tertiary/aromatic N) is 2. The van der Waals surface area contributed by atoms with E-state index in [0.717, 1.165) is 25.9 Å². The van der Waals surface area contributed by atoms with E-state index >= 15 is 0 Å². The second-order valence-electron chi connectivity index (χ2n) is 5.42. The van der Waals surface area contributed by atoms with Crippen LogP contribution in [0.1, 0.15) is 37.8 Å². The van der Waals surface area contributed by atoms with Crippen molar-refractivity contribution in [3.63, 3.8) is 0 Å². The number of hydrogen-bond acceptors (Lipinski definition) is 3. The molecule has 1 aliphatic heterocycles. The van der Waals surface area contributed by atoms with Gasteiger partial charge in [0.1, 0.15) is 5.82 Å². The first-order chi connectivity index (χ1) is 9.67. The third-order valence-electron chi connectivity index (χ3n) is 4.13. The van der Waals surface area contributed by atoms with Gasteiger partial charge in [-0.3, -0.25) is 4.90 Å². The van der Waals surface area contributed by atoms with Crippen LogP contribution in [0.25, 0.3) is 0 Å². The van der Waals surface area contributed by atoms with Crippen LogP contribution in [0.3, 0.4) is 0 Å². The summed E-state index contributed by atoms with van der Waals surface area (Å²) in [6, 6.07) is 7.58. The highest BCUT2D eigenvalue weighted by molar-refractivity contribution is 5.33. The van der Waals surface area contributed by atoms with Gasteiger partial charge in [-0.25, -0.2) is 4.39 Å². The van der Waals surface area contributed by atoms with Gasteiger partial charge in [0.15, 0.2) is 0 Å². The number of piperazine rings is 1. The molecule has 0 amide bonds. The molecule has 0 aliphatic carbocycles. The Morgan fingerprint density at radius 3 is 2.85 bits per heavy atom. The topological polar surface area (TPSA) is 39.1 Å². The Labute approximate surface area is 120 Å². The molecule has 4 heteroatoms. The lowest BCUT2D eigenvalue weighted by atomic mass is 10.0. The summed E-state index contributed by atoms with van der Waals surface area (Å²) in [7, 11) is 0. The smallest absolute Gasteiger partial charge is 0.127 e. The van der Waals surface area contributed by atoms with Crippen molar-refractivity contribution in [2.45, 2.75) is 45.3 Å². The summed E-state index contributed by atoms with van der Waals surface area (Å²) >= 11 is 0. The second-order valence-corrected chi connectivity index (χ2v) is 5.42. The van der Waals surface area contributed by atoms with E-state index in [2.05, 4.69) is 30.1 Å². The molecule has 1 N–H and O–H groups in total. The summed E-state index contributed by atoms with van der Waals surface area (Å²) < 4.78 is 13.9. The van der Waals surface area contributed by atoms with Gasteiger partial charge in [-0.15, -0.1) is 0 Å². The molecule has 1 heterocycles. The van der Waals surface area contributed by atoms with Gasteiger partial charge < -0.3 is 5.32 Å². The van der Waals surface area contributed by atoms with Crippen LogP contribution in [0.5, 0.6) is 0 Å². The van der Waals surface area contributed by atoms with Crippen molar-refractivity contribution in [1.82, 2.24) is 10.2 Å². The third kappa shape index (κ3) is 3.36. The zero-order valence-corrected chi connectivity index (χ0v) is 12.2. The van der Waals surface area contributed by atoms with Crippen molar-refractivity contribution in [3.8, 4) is 6.07 Å². The van der Waals surface area contributed by atoms with Crippen LogP contribution >= 0.6 is 0 Å². The number of nitriles is 1. The molecular weight excluding hydrogens is 253 g/mol. The average molecular weight is 275 g/mol. The van der Waals surface area contributed by atoms with Crippen LogP contribution in [0.2, 0.25) is 0 Å². The molecule has 1 aliphatic rings. The highest BCUT2D eigenvalue weighted by atomic mass is 19.1. The van der Waals surface area contributed by atoms with E-state index in [1.807, 2.05) is 0 Å². The molecule has 0 saturated carbocycles. The summed E-state index contributed by atoms with van der Waals surface area (Å²) in [5, 5.41) is 12.5. The Bertz CT molecular complexity index is 495. The quantitative estimate of drug-likeness (QED) is 0.918. The second kappa shape index (κ2) is 6.83. The molecule has 1 fully saturated rings. The lowest BCUT2D eigenvalue weighted by Gasteiger charge is -2.40. The number of nitrogens with one attached hydrogen (secondary N) is 1. The molecule has 108 valence electrons. The predicted octanol–water partition coefficient (Wildman–Crippen LogP) is 2.66. The Morgan fingerprint density at radius 1 is 1.40 bits per heavy atom. The van der Waals surface area contributed by atoms with E-state index in [-0.39, 0.29) is 5.82 Å². The van der Waals surface area contributed by atoms with Crippen molar-refractivity contribution in [2.75, 3.05) is 13.1 Å². The molecule has 2 rings (SSSR count). The minimum absolute atomic E-state index is 0.217. The van der Waals surface area contributed by atoms with E-state index in [4.69, 9.17) is 5.26 Å². The molecule has 1 saturated heterocycles. The maximum atomic E-state index is 13.9. The van der Waals surface area contributed by atoms with E-state index in [0.29, 0.717) is 29.8 Å². The lowest BCUT2D eigenvalue weighted by molar-refractivity contribution is 0.116. The molecule has 0 spiro atoms. The highest BCUT2D eigenvalue weighted by Crippen LogP contribution is 2.18. The fourth-order valence-corrected chi connectivity index (χ4v) is 2.78. The number of hydrogen-bond donors (Lipinski definition) is 1. The minimum Gasteiger partial charge on any atom is -0.311 e. The normalized spacial score (nSPS) is 23.5. The molecule has 2 unspecified atom stereocenters. The maximum Gasteiger partial charge on any atom is 0.127 e. The molecule has 0 aromatic heterocycles. The van der Waals surface area contributed by atoms with E-state index in [1.165, 1.54) is 12.1 Å². The van der Waals surface area contributed by atoms with Crippen LogP contribution in [-0.4, -0.2) is 30.1 Å². The van der Waals surface area contributed by atoms with Gasteiger partial charge >= 0.3 is 0 Å². The Balaban J connectivity index is 2.15.